The summed E-state index contributed by atoms with van der Waals surface area (Å²) < 4.78 is 171. The Morgan fingerprint density at radius 3 is 0.978 bits per heavy atom. The minimum absolute atomic E-state index is 0.00691. The van der Waals surface area contributed by atoms with Gasteiger partial charge in [-0.25, -0.2) is 0 Å². The highest BCUT2D eigenvalue weighted by Gasteiger charge is 2.83. The molecule has 4 aromatic rings. The molecule has 3 nitrogen and oxygen atoms in total. The molecule has 2 unspecified atom stereocenters. The van der Waals surface area contributed by atoms with Crippen LogP contribution in [0.3, 0.4) is 0 Å². The van der Waals surface area contributed by atoms with Gasteiger partial charge in [0.05, 0.1) is 0 Å². The fraction of sp³-hybridized carbons (Fsp3) is 0.200. The SMILES string of the molecule is Nc1cccc(C(F)(F)C(F)(OC(F)(C(F)(F)F)C(F)(F)c2cccc(N)c2)C(F)(F)F)c1.c1ccc(-c2ccccc2)cc1. The normalized spacial score (nSPS) is 15.3. The lowest BCUT2D eigenvalue weighted by Crippen LogP contribution is -2.66. The van der Waals surface area contributed by atoms with E-state index < -0.39 is 58.4 Å². The maximum atomic E-state index is 14.8. The van der Waals surface area contributed by atoms with Crippen LogP contribution in [0.15, 0.2) is 109 Å². The first kappa shape index (κ1) is 35.1. The van der Waals surface area contributed by atoms with Crippen molar-refractivity contribution in [3.05, 3.63) is 120 Å². The van der Waals surface area contributed by atoms with E-state index in [1.54, 1.807) is 0 Å². The van der Waals surface area contributed by atoms with Crippen molar-refractivity contribution in [2.24, 2.45) is 0 Å². The van der Waals surface area contributed by atoms with E-state index >= 15 is 0 Å². The second-order valence-corrected chi connectivity index (χ2v) is 9.42. The average molecular weight is 654 g/mol. The summed E-state index contributed by atoms with van der Waals surface area (Å²) in [4.78, 5) is 0. The summed E-state index contributed by atoms with van der Waals surface area (Å²) in [5.41, 5.74) is 7.29. The van der Waals surface area contributed by atoms with Gasteiger partial charge in [0.2, 0.25) is 0 Å². The summed E-state index contributed by atoms with van der Waals surface area (Å²) in [6.45, 7) is 0. The molecule has 0 heterocycles. The van der Waals surface area contributed by atoms with Gasteiger partial charge in [0.1, 0.15) is 0 Å². The van der Waals surface area contributed by atoms with Crippen molar-refractivity contribution in [2.45, 2.75) is 35.9 Å². The van der Waals surface area contributed by atoms with Crippen LogP contribution in [-0.2, 0) is 16.6 Å². The zero-order chi connectivity index (χ0) is 33.9. The van der Waals surface area contributed by atoms with Crippen LogP contribution in [0.1, 0.15) is 11.1 Å². The molecule has 45 heavy (non-hydrogen) atoms. The first-order valence-electron chi connectivity index (χ1n) is 12.5. The van der Waals surface area contributed by atoms with Crippen LogP contribution in [0.4, 0.5) is 64.1 Å². The number of anilines is 2. The van der Waals surface area contributed by atoms with Crippen LogP contribution in [-0.4, -0.2) is 24.1 Å². The molecule has 0 saturated carbocycles. The van der Waals surface area contributed by atoms with Gasteiger partial charge in [-0.05, 0) is 35.4 Å². The van der Waals surface area contributed by atoms with Gasteiger partial charge < -0.3 is 11.5 Å². The number of alkyl halides is 12. The number of halogens is 12. The Hall–Kier alpha value is -4.40. The smallest absolute Gasteiger partial charge is 0.399 e. The molecule has 0 aliphatic carbocycles. The molecule has 0 aliphatic heterocycles. The fourth-order valence-electron chi connectivity index (χ4n) is 3.89. The molecular weight excluding hydrogens is 632 g/mol. The van der Waals surface area contributed by atoms with Gasteiger partial charge in [0.25, 0.3) is 0 Å². The fourth-order valence-corrected chi connectivity index (χ4v) is 3.89. The predicted octanol–water partition coefficient (Wildman–Crippen LogP) is 9.56. The van der Waals surface area contributed by atoms with Crippen molar-refractivity contribution < 1.29 is 57.4 Å². The average Bonchev–Trinajstić information content (AvgIpc) is 2.97. The standard InChI is InChI=1S/C18H12F12N2O.C12H10/c19-13(20,9-3-1-5-11(31)7-9)15(23,17(25,26)27)33-16(24,18(28,29)30)14(21,22)10-4-2-6-12(32)8-10;1-3-7-11(8-4-1)12-9-5-2-6-10-12/h1-8H,31-32H2;1-10H. The molecule has 4 N–H and O–H groups in total. The van der Waals surface area contributed by atoms with Crippen molar-refractivity contribution in [1.82, 2.24) is 0 Å². The number of hydrogen-bond acceptors (Lipinski definition) is 3. The number of rotatable bonds is 7. The molecule has 4 rings (SSSR count). The predicted molar refractivity (Wildman–Crippen MR) is 142 cm³/mol. The molecule has 4 aromatic carbocycles. The van der Waals surface area contributed by atoms with Gasteiger partial charge in [0, 0.05) is 22.5 Å². The number of nitrogens with two attached hydrogens (primary N) is 2. The zero-order valence-corrected chi connectivity index (χ0v) is 22.5. The van der Waals surface area contributed by atoms with Gasteiger partial charge in [-0.1, -0.05) is 84.9 Å². The Morgan fingerprint density at radius 2 is 0.711 bits per heavy atom. The monoisotopic (exact) mass is 654 g/mol. The molecule has 0 bridgehead atoms. The molecule has 0 aromatic heterocycles. The van der Waals surface area contributed by atoms with Crippen molar-refractivity contribution in [3.8, 4) is 11.1 Å². The summed E-state index contributed by atoms with van der Waals surface area (Å²) in [5.74, 6) is -26.3. The quantitative estimate of drug-likeness (QED) is 0.154. The summed E-state index contributed by atoms with van der Waals surface area (Å²) in [7, 11) is 0. The molecule has 2 atom stereocenters. The first-order chi connectivity index (χ1) is 20.7. The summed E-state index contributed by atoms with van der Waals surface area (Å²) in [6, 6.07) is 23.7. The second kappa shape index (κ2) is 12.5. The minimum atomic E-state index is -7.16. The highest BCUT2D eigenvalue weighted by atomic mass is 19.4. The van der Waals surface area contributed by atoms with Gasteiger partial charge in [0.15, 0.2) is 0 Å². The third kappa shape index (κ3) is 6.97. The number of nitrogen functional groups attached to an aromatic ring is 2. The van der Waals surface area contributed by atoms with E-state index in [1.807, 2.05) is 12.1 Å². The molecular formula is C30H22F12N2O. The maximum Gasteiger partial charge on any atom is 0.455 e. The van der Waals surface area contributed by atoms with E-state index in [9.17, 15) is 52.7 Å². The van der Waals surface area contributed by atoms with Crippen molar-refractivity contribution >= 4 is 11.4 Å². The molecule has 0 aliphatic rings. The summed E-state index contributed by atoms with van der Waals surface area (Å²) in [5, 5.41) is 0. The molecule has 0 saturated heterocycles. The van der Waals surface area contributed by atoms with E-state index in [0.29, 0.717) is 12.1 Å². The molecule has 0 fully saturated rings. The lowest BCUT2D eigenvalue weighted by atomic mass is 9.96. The molecule has 0 radical (unpaired) electrons. The highest BCUT2D eigenvalue weighted by Crippen LogP contribution is 2.60. The van der Waals surface area contributed by atoms with Crippen molar-refractivity contribution in [3.63, 3.8) is 0 Å². The lowest BCUT2D eigenvalue weighted by molar-refractivity contribution is -0.505. The number of benzene rings is 4. The van der Waals surface area contributed by atoms with Crippen LogP contribution in [0.5, 0.6) is 0 Å². The zero-order valence-electron chi connectivity index (χ0n) is 22.5. The van der Waals surface area contributed by atoms with Crippen molar-refractivity contribution in [2.75, 3.05) is 11.5 Å². The molecule has 242 valence electrons. The van der Waals surface area contributed by atoms with Crippen LogP contribution < -0.4 is 11.5 Å². The maximum absolute atomic E-state index is 14.8. The Labute approximate surface area is 248 Å². The van der Waals surface area contributed by atoms with Gasteiger partial charge >= 0.3 is 35.9 Å². The van der Waals surface area contributed by atoms with E-state index in [-0.39, 0.29) is 24.3 Å². The highest BCUT2D eigenvalue weighted by molar-refractivity contribution is 5.62. The van der Waals surface area contributed by atoms with Crippen LogP contribution in [0.2, 0.25) is 0 Å². The second-order valence-electron chi connectivity index (χ2n) is 9.42. The molecule has 15 heteroatoms. The number of ether oxygens (including phenoxy) is 1. The van der Waals surface area contributed by atoms with Crippen LogP contribution >= 0.6 is 0 Å². The van der Waals surface area contributed by atoms with E-state index in [2.05, 4.69) is 53.3 Å². The van der Waals surface area contributed by atoms with Gasteiger partial charge in [-0.15, -0.1) is 0 Å². The van der Waals surface area contributed by atoms with Crippen LogP contribution in [0.25, 0.3) is 11.1 Å². The third-order valence-electron chi connectivity index (χ3n) is 6.20. The van der Waals surface area contributed by atoms with Crippen LogP contribution in [0, 0.1) is 0 Å². The third-order valence-corrected chi connectivity index (χ3v) is 6.20. The lowest BCUT2D eigenvalue weighted by Gasteiger charge is -2.42. The number of hydrogen-bond donors (Lipinski definition) is 2. The first-order valence-corrected chi connectivity index (χ1v) is 12.5. The van der Waals surface area contributed by atoms with Crippen molar-refractivity contribution in [1.29, 1.82) is 0 Å². The summed E-state index contributed by atoms with van der Waals surface area (Å²) in [6.07, 6.45) is -14.3. The Morgan fingerprint density at radius 1 is 0.400 bits per heavy atom. The van der Waals surface area contributed by atoms with Gasteiger partial charge in [-0.2, -0.15) is 52.7 Å². The van der Waals surface area contributed by atoms with E-state index in [1.165, 1.54) is 11.1 Å². The Kier molecular flexibility index (Phi) is 9.77. The molecule has 0 amide bonds. The Bertz CT molecular complexity index is 1450. The van der Waals surface area contributed by atoms with E-state index in [4.69, 9.17) is 11.5 Å². The molecule has 0 spiro atoms. The van der Waals surface area contributed by atoms with Gasteiger partial charge in [-0.3, -0.25) is 4.74 Å². The Balaban J connectivity index is 0.000000379. The summed E-state index contributed by atoms with van der Waals surface area (Å²) >= 11 is 0. The largest absolute Gasteiger partial charge is 0.455 e. The van der Waals surface area contributed by atoms with E-state index in [0.717, 1.165) is 12.1 Å². The topological polar surface area (TPSA) is 61.3 Å². The minimum Gasteiger partial charge on any atom is -0.399 e.